The van der Waals surface area contributed by atoms with Gasteiger partial charge in [-0.1, -0.05) is 25.7 Å². The zero-order valence-electron chi connectivity index (χ0n) is 13.5. The van der Waals surface area contributed by atoms with Gasteiger partial charge >= 0.3 is 5.91 Å². The lowest BCUT2D eigenvalue weighted by atomic mass is 9.87. The summed E-state index contributed by atoms with van der Waals surface area (Å²) in [5.74, 6) is 3.30. The largest absolute Gasteiger partial charge is 0.381 e. The summed E-state index contributed by atoms with van der Waals surface area (Å²) in [6, 6.07) is -0.807. The summed E-state index contributed by atoms with van der Waals surface area (Å²) in [5, 5.41) is 2.84. The van der Waals surface area contributed by atoms with Gasteiger partial charge in [-0.15, -0.1) is 0 Å². The minimum Gasteiger partial charge on any atom is -0.381 e. The van der Waals surface area contributed by atoms with E-state index in [4.69, 9.17) is 10.6 Å². The first kappa shape index (κ1) is 17.9. The Morgan fingerprint density at radius 2 is 1.57 bits per heavy atom. The zero-order valence-corrected chi connectivity index (χ0v) is 13.5. The van der Waals surface area contributed by atoms with E-state index in [0.29, 0.717) is 26.1 Å². The number of rotatable bonds is 5. The van der Waals surface area contributed by atoms with E-state index in [-0.39, 0.29) is 17.7 Å². The summed E-state index contributed by atoms with van der Waals surface area (Å²) in [7, 11) is 0. The molecule has 2 aliphatic rings. The molecular weight excluding hydrogens is 298 g/mol. The van der Waals surface area contributed by atoms with Crippen LogP contribution < -0.4 is 16.6 Å². The van der Waals surface area contributed by atoms with Crippen molar-refractivity contribution in [3.63, 3.8) is 0 Å². The smallest absolute Gasteiger partial charge is 0.303 e. The van der Waals surface area contributed by atoms with Gasteiger partial charge in [-0.3, -0.25) is 19.8 Å². The molecule has 1 unspecified atom stereocenters. The Labute approximate surface area is 136 Å². The van der Waals surface area contributed by atoms with Crippen molar-refractivity contribution in [1.29, 1.82) is 0 Å². The quantitative estimate of drug-likeness (QED) is 0.223. The van der Waals surface area contributed by atoms with E-state index in [9.17, 15) is 14.4 Å². The van der Waals surface area contributed by atoms with Gasteiger partial charge in [0.15, 0.2) is 0 Å². The molecule has 7 nitrogen and oxygen atoms in total. The summed E-state index contributed by atoms with van der Waals surface area (Å²) >= 11 is 0. The summed E-state index contributed by atoms with van der Waals surface area (Å²) in [6.45, 7) is 1.08. The van der Waals surface area contributed by atoms with Gasteiger partial charge in [0.2, 0.25) is 11.7 Å². The van der Waals surface area contributed by atoms with Crippen LogP contribution in [0.5, 0.6) is 0 Å². The van der Waals surface area contributed by atoms with Crippen LogP contribution in [-0.4, -0.2) is 36.9 Å². The number of carbonyl (C=O) groups excluding carboxylic acids is 3. The number of hydrazine groups is 1. The van der Waals surface area contributed by atoms with E-state index < -0.39 is 17.7 Å². The molecule has 23 heavy (non-hydrogen) atoms. The summed E-state index contributed by atoms with van der Waals surface area (Å²) in [5.41, 5.74) is 1.88. The van der Waals surface area contributed by atoms with Gasteiger partial charge in [0, 0.05) is 19.1 Å². The molecule has 2 fully saturated rings. The number of ether oxygens (including phenoxy) is 1. The van der Waals surface area contributed by atoms with Crippen molar-refractivity contribution >= 4 is 17.6 Å². The maximum absolute atomic E-state index is 12.6. The van der Waals surface area contributed by atoms with E-state index in [2.05, 4.69) is 5.32 Å². The van der Waals surface area contributed by atoms with E-state index in [1.807, 2.05) is 5.43 Å². The van der Waals surface area contributed by atoms with Crippen molar-refractivity contribution in [2.24, 2.45) is 17.7 Å². The highest BCUT2D eigenvalue weighted by Gasteiger charge is 2.35. The normalized spacial score (nSPS) is 22.0. The highest BCUT2D eigenvalue weighted by molar-refractivity contribution is 6.38. The number of nitrogens with one attached hydrogen (secondary N) is 2. The molecule has 0 radical (unpaired) electrons. The topological polar surface area (TPSA) is 111 Å². The molecule has 0 bridgehead atoms. The van der Waals surface area contributed by atoms with Gasteiger partial charge in [-0.25, -0.2) is 5.84 Å². The van der Waals surface area contributed by atoms with Crippen molar-refractivity contribution in [3.8, 4) is 0 Å². The van der Waals surface area contributed by atoms with Crippen LogP contribution in [0.25, 0.3) is 0 Å². The molecule has 130 valence electrons. The second kappa shape index (κ2) is 8.98. The highest BCUT2D eigenvalue weighted by Crippen LogP contribution is 2.25. The van der Waals surface area contributed by atoms with Crippen molar-refractivity contribution < 1.29 is 19.1 Å². The van der Waals surface area contributed by atoms with Gasteiger partial charge in [0.25, 0.3) is 0 Å². The first-order chi connectivity index (χ1) is 11.1. The lowest BCUT2D eigenvalue weighted by Crippen LogP contribution is -2.54. The van der Waals surface area contributed by atoms with Crippen LogP contribution >= 0.6 is 0 Å². The fourth-order valence-corrected chi connectivity index (χ4v) is 3.47. The second-order valence-electron chi connectivity index (χ2n) is 6.46. The molecule has 1 heterocycles. The third-order valence-corrected chi connectivity index (χ3v) is 4.90. The fraction of sp³-hybridized carbons (Fsp3) is 0.812. The van der Waals surface area contributed by atoms with Gasteiger partial charge < -0.3 is 10.1 Å². The lowest BCUT2D eigenvalue weighted by Gasteiger charge is -2.30. The van der Waals surface area contributed by atoms with Crippen molar-refractivity contribution in [2.45, 2.75) is 57.4 Å². The van der Waals surface area contributed by atoms with Gasteiger partial charge in [0.05, 0.1) is 0 Å². The molecule has 1 saturated heterocycles. The van der Waals surface area contributed by atoms with Crippen LogP contribution in [0.1, 0.15) is 51.4 Å². The number of hydrogen-bond donors (Lipinski definition) is 3. The molecule has 2 amide bonds. The van der Waals surface area contributed by atoms with E-state index in [0.717, 1.165) is 38.5 Å². The summed E-state index contributed by atoms with van der Waals surface area (Å²) in [6.07, 6.45) is 7.39. The monoisotopic (exact) mass is 325 g/mol. The fourth-order valence-electron chi connectivity index (χ4n) is 3.47. The average Bonchev–Trinajstić information content (AvgIpc) is 2.88. The second-order valence-corrected chi connectivity index (χ2v) is 6.46. The number of nitrogens with two attached hydrogens (primary N) is 1. The molecule has 1 aliphatic carbocycles. The zero-order chi connectivity index (χ0) is 16.7. The van der Waals surface area contributed by atoms with Crippen LogP contribution in [-0.2, 0) is 19.1 Å². The van der Waals surface area contributed by atoms with E-state index >= 15 is 0 Å². The Kier molecular flexibility index (Phi) is 6.98. The Bertz CT molecular complexity index is 427. The Hall–Kier alpha value is -1.47. The molecule has 0 aromatic carbocycles. The molecule has 0 spiro atoms. The Morgan fingerprint density at radius 3 is 2.13 bits per heavy atom. The molecule has 0 aromatic rings. The van der Waals surface area contributed by atoms with Crippen LogP contribution in [0.4, 0.5) is 0 Å². The first-order valence-electron chi connectivity index (χ1n) is 8.56. The molecule has 7 heteroatoms. The minimum absolute atomic E-state index is 0.0615. The van der Waals surface area contributed by atoms with Gasteiger partial charge in [0.1, 0.15) is 6.04 Å². The molecule has 1 atom stereocenters. The van der Waals surface area contributed by atoms with Crippen molar-refractivity contribution in [3.05, 3.63) is 0 Å². The first-order valence-corrected chi connectivity index (χ1v) is 8.56. The number of carbonyl (C=O) groups is 3. The van der Waals surface area contributed by atoms with Crippen LogP contribution in [0.3, 0.4) is 0 Å². The lowest BCUT2D eigenvalue weighted by molar-refractivity contribution is -0.142. The third kappa shape index (κ3) is 5.00. The molecule has 1 saturated carbocycles. The number of ketones is 1. The standard InChI is InChI=1S/C16H27N3O4/c17-19-16(22)14(20)13(11-7-9-23-10-8-11)18-15(21)12-5-3-1-2-4-6-12/h11-13H,1-10,17H2,(H,18,21)(H,19,22). The maximum atomic E-state index is 12.6. The van der Waals surface area contributed by atoms with E-state index in [1.54, 1.807) is 0 Å². The average molecular weight is 325 g/mol. The number of amides is 2. The highest BCUT2D eigenvalue weighted by atomic mass is 16.5. The Balaban J connectivity index is 2.04. The molecule has 1 aliphatic heterocycles. The van der Waals surface area contributed by atoms with Crippen LogP contribution in [0.2, 0.25) is 0 Å². The maximum Gasteiger partial charge on any atom is 0.303 e. The van der Waals surface area contributed by atoms with Gasteiger partial charge in [-0.2, -0.15) is 0 Å². The van der Waals surface area contributed by atoms with E-state index in [1.165, 1.54) is 0 Å². The molecular formula is C16H27N3O4. The van der Waals surface area contributed by atoms with Crippen molar-refractivity contribution in [2.75, 3.05) is 13.2 Å². The number of hydrogen-bond acceptors (Lipinski definition) is 5. The summed E-state index contributed by atoms with van der Waals surface area (Å²) < 4.78 is 5.31. The van der Waals surface area contributed by atoms with Crippen LogP contribution in [0.15, 0.2) is 0 Å². The van der Waals surface area contributed by atoms with Gasteiger partial charge in [-0.05, 0) is 31.6 Å². The van der Waals surface area contributed by atoms with Crippen LogP contribution in [0, 0.1) is 11.8 Å². The predicted octanol–water partition coefficient (Wildman–Crippen LogP) is 0.427. The SMILES string of the molecule is NNC(=O)C(=O)C(NC(=O)C1CCCCCC1)C1CCOCC1. The third-order valence-electron chi connectivity index (χ3n) is 4.90. The predicted molar refractivity (Wildman–Crippen MR) is 84.0 cm³/mol. The van der Waals surface area contributed by atoms with Crippen molar-refractivity contribution in [1.82, 2.24) is 10.7 Å². The summed E-state index contributed by atoms with van der Waals surface area (Å²) in [4.78, 5) is 36.5. The Morgan fingerprint density at radius 1 is 0.957 bits per heavy atom. The molecule has 2 rings (SSSR count). The number of Topliss-reactive ketones (excluding diaryl/α,β-unsaturated/α-hetero) is 1. The minimum atomic E-state index is -0.859. The molecule has 0 aromatic heterocycles. The molecule has 4 N–H and O–H groups in total.